The molecule has 1 amide bonds. The molecule has 1 unspecified atom stereocenters. The van der Waals surface area contributed by atoms with Crippen molar-refractivity contribution in [1.29, 1.82) is 0 Å². The highest BCUT2D eigenvalue weighted by Crippen LogP contribution is 2.31. The molecule has 3 rings (SSSR count). The number of hydrogen-bond acceptors (Lipinski definition) is 3. The molecule has 0 aliphatic carbocycles. The van der Waals surface area contributed by atoms with Gasteiger partial charge in [-0.2, -0.15) is 0 Å². The second-order valence-corrected chi connectivity index (χ2v) is 4.96. The third-order valence-electron chi connectivity index (χ3n) is 3.67. The molecule has 1 atom stereocenters. The molecule has 0 saturated carbocycles. The van der Waals surface area contributed by atoms with E-state index in [1.54, 1.807) is 23.1 Å². The maximum Gasteiger partial charge on any atom is 0.335 e. The Labute approximate surface area is 110 Å². The van der Waals surface area contributed by atoms with Gasteiger partial charge in [0.25, 0.3) is 0 Å². The van der Waals surface area contributed by atoms with Gasteiger partial charge < -0.3 is 14.7 Å². The third-order valence-corrected chi connectivity index (χ3v) is 3.67. The van der Waals surface area contributed by atoms with Crippen molar-refractivity contribution in [2.24, 2.45) is 0 Å². The van der Waals surface area contributed by atoms with Crippen LogP contribution in [0.5, 0.6) is 0 Å². The zero-order valence-electron chi connectivity index (χ0n) is 10.5. The zero-order valence-corrected chi connectivity index (χ0v) is 10.5. The van der Waals surface area contributed by atoms with Gasteiger partial charge in [0.2, 0.25) is 5.91 Å². The van der Waals surface area contributed by atoms with E-state index >= 15 is 0 Å². The maximum atomic E-state index is 12.0. The molecule has 0 bridgehead atoms. The molecule has 2 aliphatic rings. The van der Waals surface area contributed by atoms with E-state index in [1.165, 1.54) is 0 Å². The number of fused-ring (bicyclic) bond motifs is 1. The summed E-state index contributed by atoms with van der Waals surface area (Å²) in [5.41, 5.74) is 1.85. The molecule has 1 saturated heterocycles. The summed E-state index contributed by atoms with van der Waals surface area (Å²) >= 11 is 0. The number of nitrogens with zero attached hydrogens (tertiary/aromatic N) is 1. The summed E-state index contributed by atoms with van der Waals surface area (Å²) in [5.74, 6) is -0.944. The van der Waals surface area contributed by atoms with Crippen LogP contribution in [0, 0.1) is 0 Å². The fraction of sp³-hybridized carbons (Fsp3) is 0.429. The molecular weight excluding hydrogens is 246 g/mol. The van der Waals surface area contributed by atoms with E-state index in [4.69, 9.17) is 9.84 Å². The van der Waals surface area contributed by atoms with Crippen LogP contribution in [0.25, 0.3) is 0 Å². The number of ether oxygens (including phenoxy) is 1. The van der Waals surface area contributed by atoms with Gasteiger partial charge in [0.1, 0.15) is 0 Å². The molecule has 100 valence electrons. The molecule has 1 N–H and O–H groups in total. The number of hydrogen-bond donors (Lipinski definition) is 1. The standard InChI is InChI=1S/C14H15NO4/c16-13-7-10-6-9(14(17)18)3-4-12(10)15(13)8-11-2-1-5-19-11/h3-4,6,11H,1-2,5,7-8H2,(H,17,18). The molecule has 1 aromatic carbocycles. The second-order valence-electron chi connectivity index (χ2n) is 4.96. The van der Waals surface area contributed by atoms with Gasteiger partial charge in [0, 0.05) is 12.3 Å². The fourth-order valence-corrected chi connectivity index (χ4v) is 2.71. The van der Waals surface area contributed by atoms with Crippen molar-refractivity contribution in [2.75, 3.05) is 18.1 Å². The predicted octanol–water partition coefficient (Wildman–Crippen LogP) is 1.45. The first-order valence-corrected chi connectivity index (χ1v) is 6.43. The molecule has 0 radical (unpaired) electrons. The summed E-state index contributed by atoms with van der Waals surface area (Å²) in [6.45, 7) is 1.33. The van der Waals surface area contributed by atoms with E-state index in [1.807, 2.05) is 0 Å². The Kier molecular flexibility index (Phi) is 2.98. The summed E-state index contributed by atoms with van der Waals surface area (Å²) in [4.78, 5) is 24.7. The minimum Gasteiger partial charge on any atom is -0.478 e. The minimum atomic E-state index is -0.965. The third kappa shape index (κ3) is 2.21. The summed E-state index contributed by atoms with van der Waals surface area (Å²) in [6, 6.07) is 4.85. The maximum absolute atomic E-state index is 12.0. The number of anilines is 1. The van der Waals surface area contributed by atoms with Gasteiger partial charge in [0.15, 0.2) is 0 Å². The highest BCUT2D eigenvalue weighted by atomic mass is 16.5. The summed E-state index contributed by atoms with van der Waals surface area (Å²) in [6.07, 6.45) is 2.40. The lowest BCUT2D eigenvalue weighted by atomic mass is 10.1. The lowest BCUT2D eigenvalue weighted by Gasteiger charge is -2.21. The van der Waals surface area contributed by atoms with Gasteiger partial charge in [-0.15, -0.1) is 0 Å². The van der Waals surface area contributed by atoms with E-state index in [-0.39, 0.29) is 24.0 Å². The first-order chi connectivity index (χ1) is 9.15. The van der Waals surface area contributed by atoms with Crippen molar-refractivity contribution in [3.05, 3.63) is 29.3 Å². The molecule has 1 aromatic rings. The molecule has 0 spiro atoms. The van der Waals surface area contributed by atoms with Crippen molar-refractivity contribution in [3.63, 3.8) is 0 Å². The summed E-state index contributed by atoms with van der Waals surface area (Å²) in [5, 5.41) is 8.96. The molecular formula is C14H15NO4. The molecule has 5 nitrogen and oxygen atoms in total. The summed E-state index contributed by atoms with van der Waals surface area (Å²) < 4.78 is 5.55. The van der Waals surface area contributed by atoms with Crippen LogP contribution in [0.4, 0.5) is 5.69 Å². The molecule has 1 fully saturated rings. The monoisotopic (exact) mass is 261 g/mol. The number of carboxylic acid groups (broad SMARTS) is 1. The Bertz CT molecular complexity index is 534. The van der Waals surface area contributed by atoms with Crippen LogP contribution in [-0.2, 0) is 16.0 Å². The Balaban J connectivity index is 1.85. The van der Waals surface area contributed by atoms with Gasteiger partial charge in [-0.1, -0.05) is 0 Å². The second kappa shape index (κ2) is 4.66. The van der Waals surface area contributed by atoms with Crippen LogP contribution in [0.15, 0.2) is 18.2 Å². The van der Waals surface area contributed by atoms with E-state index in [9.17, 15) is 9.59 Å². The van der Waals surface area contributed by atoms with Gasteiger partial charge in [-0.05, 0) is 36.6 Å². The lowest BCUT2D eigenvalue weighted by molar-refractivity contribution is -0.117. The van der Waals surface area contributed by atoms with Crippen LogP contribution in [0.2, 0.25) is 0 Å². The number of amides is 1. The molecule has 5 heteroatoms. The van der Waals surface area contributed by atoms with Gasteiger partial charge in [-0.25, -0.2) is 4.79 Å². The largest absolute Gasteiger partial charge is 0.478 e. The van der Waals surface area contributed by atoms with Crippen molar-refractivity contribution >= 4 is 17.6 Å². The lowest BCUT2D eigenvalue weighted by Crippen LogP contribution is -2.34. The normalized spacial score (nSPS) is 21.8. The van der Waals surface area contributed by atoms with Crippen LogP contribution in [0.1, 0.15) is 28.8 Å². The van der Waals surface area contributed by atoms with Crippen LogP contribution in [0.3, 0.4) is 0 Å². The number of aromatic carboxylic acids is 1. The smallest absolute Gasteiger partial charge is 0.335 e. The molecule has 2 heterocycles. The topological polar surface area (TPSA) is 66.8 Å². The van der Waals surface area contributed by atoms with Crippen molar-refractivity contribution in [2.45, 2.75) is 25.4 Å². The van der Waals surface area contributed by atoms with Crippen molar-refractivity contribution in [3.8, 4) is 0 Å². The average Bonchev–Trinajstić information content (AvgIpc) is 2.98. The Morgan fingerprint density at radius 2 is 2.32 bits per heavy atom. The number of benzene rings is 1. The Hall–Kier alpha value is -1.88. The van der Waals surface area contributed by atoms with E-state index in [0.29, 0.717) is 6.54 Å². The number of carbonyl (C=O) groups excluding carboxylic acids is 1. The van der Waals surface area contributed by atoms with Crippen molar-refractivity contribution < 1.29 is 19.4 Å². The van der Waals surface area contributed by atoms with E-state index in [2.05, 4.69) is 0 Å². The van der Waals surface area contributed by atoms with Gasteiger partial charge in [-0.3, -0.25) is 4.79 Å². The predicted molar refractivity (Wildman–Crippen MR) is 68.4 cm³/mol. The first-order valence-electron chi connectivity index (χ1n) is 6.43. The Morgan fingerprint density at radius 1 is 1.47 bits per heavy atom. The zero-order chi connectivity index (χ0) is 13.4. The molecule has 19 heavy (non-hydrogen) atoms. The summed E-state index contributed by atoms with van der Waals surface area (Å²) in [7, 11) is 0. The Morgan fingerprint density at radius 3 is 3.00 bits per heavy atom. The van der Waals surface area contributed by atoms with E-state index < -0.39 is 5.97 Å². The number of carbonyl (C=O) groups is 2. The number of rotatable bonds is 3. The first kappa shape index (κ1) is 12.2. The highest BCUT2D eigenvalue weighted by Gasteiger charge is 2.31. The fourth-order valence-electron chi connectivity index (χ4n) is 2.71. The van der Waals surface area contributed by atoms with Crippen LogP contribution < -0.4 is 4.90 Å². The van der Waals surface area contributed by atoms with Gasteiger partial charge in [0.05, 0.1) is 24.6 Å². The average molecular weight is 261 g/mol. The van der Waals surface area contributed by atoms with Crippen LogP contribution >= 0.6 is 0 Å². The number of carboxylic acids is 1. The van der Waals surface area contributed by atoms with E-state index in [0.717, 1.165) is 30.7 Å². The molecule has 2 aliphatic heterocycles. The quantitative estimate of drug-likeness (QED) is 0.894. The minimum absolute atomic E-state index is 0.0213. The SMILES string of the molecule is O=C(O)c1ccc2c(c1)CC(=O)N2CC1CCCO1. The van der Waals surface area contributed by atoms with Crippen molar-refractivity contribution in [1.82, 2.24) is 0 Å². The molecule has 0 aromatic heterocycles. The van der Waals surface area contributed by atoms with Gasteiger partial charge >= 0.3 is 5.97 Å². The highest BCUT2D eigenvalue weighted by molar-refractivity contribution is 6.02. The van der Waals surface area contributed by atoms with Crippen LogP contribution in [-0.4, -0.2) is 36.2 Å².